The van der Waals surface area contributed by atoms with E-state index in [4.69, 9.17) is 26.9 Å². The van der Waals surface area contributed by atoms with Crippen molar-refractivity contribution in [1.82, 2.24) is 0 Å². The lowest BCUT2D eigenvalue weighted by Gasteiger charge is -2.14. The SMILES string of the molecule is C.C.C.C.C.C.C.C.C.C.C.C.C.C.C.C.CCC(C)c1cc(C)c(O)c(C)c1.CCC(C)c1cc(C)c(O)cc1C.CCC(C)c1ccc(O)c(C)c1.CCC(C)c1ccc(O)c(C)c1.CCC(C)c1ccc(O)c(Cl)c1.CCC(C)c1ccc(O)cc1.CCC(C)c1cccc(O)c1.CCC(C)c1ccccc1O. The highest BCUT2D eigenvalue weighted by molar-refractivity contribution is 6.32. The van der Waals surface area contributed by atoms with Crippen molar-refractivity contribution in [3.8, 4) is 46.0 Å². The first-order chi connectivity index (χ1) is 44.8. The molecule has 0 radical (unpaired) electrons. The number of aromatic hydroxyl groups is 8. The quantitative estimate of drug-likeness (QED) is 0.0474. The lowest BCUT2D eigenvalue weighted by atomic mass is 9.92. The number of benzene rings is 8. The zero-order valence-electron chi connectivity index (χ0n) is 62.2. The van der Waals surface area contributed by atoms with Crippen LogP contribution in [-0.2, 0) is 0 Å². The zero-order chi connectivity index (χ0) is 72.2. The van der Waals surface area contributed by atoms with Gasteiger partial charge in [0.05, 0.1) is 5.02 Å². The van der Waals surface area contributed by atoms with Crippen LogP contribution in [0.1, 0.15) is 406 Å². The summed E-state index contributed by atoms with van der Waals surface area (Å²) in [6.45, 7) is 46.5. The average Bonchev–Trinajstić information content (AvgIpc) is 1.00. The zero-order valence-corrected chi connectivity index (χ0v) is 62.9. The van der Waals surface area contributed by atoms with Gasteiger partial charge in [-0.25, -0.2) is 0 Å². The predicted octanol–water partition coefficient (Wildman–Crippen LogP) is 35.9. The number of hydrogen-bond acceptors (Lipinski definition) is 8. The summed E-state index contributed by atoms with van der Waals surface area (Å²) in [5.74, 6) is 7.34. The van der Waals surface area contributed by atoms with E-state index in [1.54, 1.807) is 42.5 Å². The highest BCUT2D eigenvalue weighted by Gasteiger charge is 2.12. The van der Waals surface area contributed by atoms with Gasteiger partial charge in [0.25, 0.3) is 0 Å². The van der Waals surface area contributed by atoms with E-state index in [1.165, 1.54) is 44.5 Å². The number of phenolic OH excluding ortho intramolecular Hbond substituents is 8. The minimum Gasteiger partial charge on any atom is -0.508 e. The van der Waals surface area contributed by atoms with Gasteiger partial charge in [0.2, 0.25) is 0 Å². The number of hydrogen-bond donors (Lipinski definition) is 8. The van der Waals surface area contributed by atoms with Gasteiger partial charge in [0.15, 0.2) is 0 Å². The molecule has 0 spiro atoms. The van der Waals surface area contributed by atoms with Crippen LogP contribution in [0.4, 0.5) is 0 Å². The highest BCUT2D eigenvalue weighted by Crippen LogP contribution is 2.33. The van der Waals surface area contributed by atoms with Crippen LogP contribution in [0, 0.1) is 41.5 Å². The molecule has 0 aromatic heterocycles. The highest BCUT2D eigenvalue weighted by atomic mass is 35.5. The van der Waals surface area contributed by atoms with E-state index < -0.39 is 0 Å². The smallest absolute Gasteiger partial charge is 0.134 e. The fraction of sp³-hybridized carbons (Fsp3) is 0.529. The van der Waals surface area contributed by atoms with Crippen LogP contribution in [0.15, 0.2) is 152 Å². The molecule has 0 saturated carbocycles. The maximum absolute atomic E-state index is 9.59. The summed E-state index contributed by atoms with van der Waals surface area (Å²) in [6, 6.07) is 47.6. The lowest BCUT2D eigenvalue weighted by Crippen LogP contribution is -1.95. The molecule has 0 amide bonds. The van der Waals surface area contributed by atoms with Gasteiger partial charge < -0.3 is 40.9 Å². The predicted molar refractivity (Wildman–Crippen MR) is 516 cm³/mol. The molecule has 8 N–H and O–H groups in total. The molecular formula is C102H187ClO8. The Kier molecular flexibility index (Phi) is 96.1. The van der Waals surface area contributed by atoms with E-state index >= 15 is 0 Å². The Hall–Kier alpha value is -7.55. The molecule has 0 aliphatic carbocycles. The third-order valence-electron chi connectivity index (χ3n) is 18.6. The van der Waals surface area contributed by atoms with E-state index in [1.807, 2.05) is 113 Å². The molecule has 0 bridgehead atoms. The van der Waals surface area contributed by atoms with Gasteiger partial charge in [-0.05, 0) is 279 Å². The monoisotopic (exact) mass is 1580 g/mol. The minimum absolute atomic E-state index is 0. The van der Waals surface area contributed by atoms with E-state index in [9.17, 15) is 25.5 Å². The molecule has 0 fully saturated rings. The third kappa shape index (κ3) is 50.9. The maximum atomic E-state index is 9.59. The molecule has 0 aliphatic rings. The molecule has 0 heterocycles. The van der Waals surface area contributed by atoms with Crippen molar-refractivity contribution >= 4 is 11.6 Å². The third-order valence-corrected chi connectivity index (χ3v) is 18.9. The Morgan fingerprint density at radius 2 is 0.523 bits per heavy atom. The summed E-state index contributed by atoms with van der Waals surface area (Å²) in [5.41, 5.74) is 16.1. The van der Waals surface area contributed by atoms with Crippen molar-refractivity contribution in [3.05, 3.63) is 235 Å². The Labute approximate surface area is 698 Å². The molecule has 8 aromatic carbocycles. The topological polar surface area (TPSA) is 162 Å². The summed E-state index contributed by atoms with van der Waals surface area (Å²) in [5, 5.41) is 74.8. The van der Waals surface area contributed by atoms with Crippen molar-refractivity contribution in [2.75, 3.05) is 0 Å². The lowest BCUT2D eigenvalue weighted by molar-refractivity contribution is 0.462. The molecule has 8 nitrogen and oxygen atoms in total. The van der Waals surface area contributed by atoms with Crippen LogP contribution < -0.4 is 0 Å². The van der Waals surface area contributed by atoms with Crippen molar-refractivity contribution in [2.24, 2.45) is 0 Å². The van der Waals surface area contributed by atoms with Crippen LogP contribution in [0.3, 0.4) is 0 Å². The average molecular weight is 1580 g/mol. The van der Waals surface area contributed by atoms with E-state index in [0.29, 0.717) is 92.6 Å². The number of halogens is 1. The van der Waals surface area contributed by atoms with Gasteiger partial charge >= 0.3 is 0 Å². The van der Waals surface area contributed by atoms with Crippen molar-refractivity contribution in [2.45, 2.75) is 370 Å². The second-order valence-corrected chi connectivity index (χ2v) is 26.4. The largest absolute Gasteiger partial charge is 0.508 e. The molecule has 8 aromatic rings. The molecule has 8 unspecified atom stereocenters. The molecule has 650 valence electrons. The Morgan fingerprint density at radius 3 is 0.865 bits per heavy atom. The fourth-order valence-electron chi connectivity index (χ4n) is 9.82. The number of rotatable bonds is 16. The summed E-state index contributed by atoms with van der Waals surface area (Å²) >= 11 is 5.76. The van der Waals surface area contributed by atoms with Gasteiger partial charge in [0, 0.05) is 0 Å². The van der Waals surface area contributed by atoms with Crippen LogP contribution in [0.25, 0.3) is 0 Å². The molecule has 8 atom stereocenters. The Balaban J connectivity index is -0.0000000651. The number of phenols is 8. The normalized spacial score (nSPS) is 11.1. The first-order valence-corrected chi connectivity index (χ1v) is 35.2. The molecule has 9 heteroatoms. The van der Waals surface area contributed by atoms with Crippen LogP contribution in [0.5, 0.6) is 46.0 Å². The van der Waals surface area contributed by atoms with Crippen molar-refractivity contribution in [3.63, 3.8) is 0 Å². The second kappa shape index (κ2) is 75.2. The van der Waals surface area contributed by atoms with E-state index in [0.717, 1.165) is 84.7 Å². The first-order valence-electron chi connectivity index (χ1n) is 34.8. The molecule has 111 heavy (non-hydrogen) atoms. The minimum atomic E-state index is 0. The summed E-state index contributed by atoms with van der Waals surface area (Å²) in [4.78, 5) is 0. The molecule has 0 saturated heterocycles. The number of para-hydroxylation sites is 1. The van der Waals surface area contributed by atoms with Crippen molar-refractivity contribution in [1.29, 1.82) is 0 Å². The molecular weight excluding hydrogens is 1390 g/mol. The summed E-state index contributed by atoms with van der Waals surface area (Å²) in [7, 11) is 0. The Morgan fingerprint density at radius 1 is 0.225 bits per heavy atom. The van der Waals surface area contributed by atoms with Crippen LogP contribution in [0.2, 0.25) is 5.02 Å². The number of aryl methyl sites for hydroxylation is 6. The standard InChI is InChI=1S/2C12H18O.2C11H16O.C10H13ClO.3C10H14O.16CH4/c1-5-8(2)11-6-10(4)12(13)7-9(11)3;1-5-8(2)11-6-9(3)12(13)10(4)7-11;2*1-4-8(2)10-5-6-11(12)9(3)7-10;1-3-7(2)8-4-5-10(12)9(11)6-8;1-3-8(2)9-4-6-10(11)7-5-9;1-3-8(2)9-5-4-6-10(11)7-9;1-3-8(2)9-6-4-5-7-10(9)11;;;;;;;;;;;;;;;;/h2*6-8,13H,5H2,1-4H3;2*5-8,12H,4H2,1-3H3;4-7,12H,3H2,1-2H3;3*4-8,11H,3H2,1-2H3;16*1H4. The van der Waals surface area contributed by atoms with E-state index in [2.05, 4.69) is 148 Å². The Bertz CT molecular complexity index is 3280. The molecule has 0 aliphatic heterocycles. The second-order valence-electron chi connectivity index (χ2n) is 26.0. The van der Waals surface area contributed by atoms with Gasteiger partial charge in [-0.2, -0.15) is 0 Å². The summed E-state index contributed by atoms with van der Waals surface area (Å²) in [6.07, 6.45) is 8.98. The van der Waals surface area contributed by atoms with Gasteiger partial charge in [-0.3, -0.25) is 0 Å². The van der Waals surface area contributed by atoms with Crippen LogP contribution >= 0.6 is 11.6 Å². The van der Waals surface area contributed by atoms with Gasteiger partial charge in [-0.1, -0.05) is 332 Å². The molecule has 8 rings (SSSR count). The fourth-order valence-corrected chi connectivity index (χ4v) is 10.0. The van der Waals surface area contributed by atoms with Crippen molar-refractivity contribution < 1.29 is 40.9 Å². The van der Waals surface area contributed by atoms with Gasteiger partial charge in [0.1, 0.15) is 46.0 Å². The van der Waals surface area contributed by atoms with Gasteiger partial charge in [-0.15, -0.1) is 0 Å². The first kappa shape index (κ1) is 142. The van der Waals surface area contributed by atoms with Crippen LogP contribution in [-0.4, -0.2) is 40.9 Å². The summed E-state index contributed by atoms with van der Waals surface area (Å²) < 4.78 is 0. The maximum Gasteiger partial charge on any atom is 0.134 e. The van der Waals surface area contributed by atoms with E-state index in [-0.39, 0.29) is 125 Å².